The van der Waals surface area contributed by atoms with E-state index in [1.165, 1.54) is 11.3 Å². The van der Waals surface area contributed by atoms with Crippen LogP contribution in [0.15, 0.2) is 30.3 Å². The molecule has 1 aromatic carbocycles. The number of anilines is 1. The first kappa shape index (κ1) is 15.6. The summed E-state index contributed by atoms with van der Waals surface area (Å²) in [6, 6.07) is 9.67. The van der Waals surface area contributed by atoms with Crippen LogP contribution >= 0.6 is 11.3 Å². The van der Waals surface area contributed by atoms with Gasteiger partial charge in [-0.15, -0.1) is 11.3 Å². The SMILES string of the molecule is CCc1nc(C)c2c(C)c(C(=O)N(C)c3ccccc3)sc2n1. The van der Waals surface area contributed by atoms with Crippen molar-refractivity contribution in [3.8, 4) is 0 Å². The van der Waals surface area contributed by atoms with Crippen molar-refractivity contribution in [1.82, 2.24) is 9.97 Å². The molecule has 2 aromatic heterocycles. The van der Waals surface area contributed by atoms with Gasteiger partial charge in [-0.3, -0.25) is 4.79 Å². The second-order valence-corrected chi connectivity index (χ2v) is 6.51. The molecule has 0 spiro atoms. The number of nitrogens with zero attached hydrogens (tertiary/aromatic N) is 3. The Morgan fingerprint density at radius 2 is 1.87 bits per heavy atom. The number of aryl methyl sites for hydroxylation is 3. The van der Waals surface area contributed by atoms with Crippen LogP contribution in [0.4, 0.5) is 5.69 Å². The molecule has 3 aromatic rings. The van der Waals surface area contributed by atoms with Gasteiger partial charge in [0.15, 0.2) is 0 Å². The largest absolute Gasteiger partial charge is 0.311 e. The third-order valence-electron chi connectivity index (χ3n) is 3.98. The van der Waals surface area contributed by atoms with Gasteiger partial charge in [-0.2, -0.15) is 0 Å². The molecule has 0 bridgehead atoms. The van der Waals surface area contributed by atoms with Gasteiger partial charge < -0.3 is 4.90 Å². The number of rotatable bonds is 3. The number of hydrogen-bond donors (Lipinski definition) is 0. The van der Waals surface area contributed by atoms with Crippen LogP contribution in [0.25, 0.3) is 10.2 Å². The van der Waals surface area contributed by atoms with Crippen LogP contribution in [0.1, 0.15) is 33.7 Å². The van der Waals surface area contributed by atoms with Gasteiger partial charge >= 0.3 is 0 Å². The molecule has 0 unspecified atom stereocenters. The highest BCUT2D eigenvalue weighted by Crippen LogP contribution is 2.32. The molecule has 1 amide bonds. The summed E-state index contributed by atoms with van der Waals surface area (Å²) in [6.07, 6.45) is 0.793. The smallest absolute Gasteiger partial charge is 0.268 e. The Labute approximate surface area is 139 Å². The first-order valence-electron chi connectivity index (χ1n) is 7.62. The normalized spacial score (nSPS) is 11.0. The van der Waals surface area contributed by atoms with E-state index < -0.39 is 0 Å². The van der Waals surface area contributed by atoms with Crippen LogP contribution in [0.2, 0.25) is 0 Å². The number of benzene rings is 1. The van der Waals surface area contributed by atoms with E-state index in [9.17, 15) is 4.79 Å². The fourth-order valence-corrected chi connectivity index (χ4v) is 3.90. The molecule has 5 heteroatoms. The standard InChI is InChI=1S/C18H19N3OS/c1-5-14-19-12(3)15-11(2)16(23-17(15)20-14)18(22)21(4)13-9-7-6-8-10-13/h6-10H,5H2,1-4H3. The first-order chi connectivity index (χ1) is 11.0. The lowest BCUT2D eigenvalue weighted by molar-refractivity contribution is 0.0996. The van der Waals surface area contributed by atoms with Crippen molar-refractivity contribution in [2.45, 2.75) is 27.2 Å². The summed E-state index contributed by atoms with van der Waals surface area (Å²) in [5, 5.41) is 1.01. The topological polar surface area (TPSA) is 46.1 Å². The average Bonchev–Trinajstić information content (AvgIpc) is 2.91. The second-order valence-electron chi connectivity index (χ2n) is 5.51. The molecule has 3 rings (SSSR count). The molecular weight excluding hydrogens is 306 g/mol. The molecule has 0 atom stereocenters. The number of aromatic nitrogens is 2. The highest BCUT2D eigenvalue weighted by atomic mass is 32.1. The van der Waals surface area contributed by atoms with Crippen molar-refractivity contribution in [3.05, 3.63) is 52.3 Å². The van der Waals surface area contributed by atoms with E-state index in [4.69, 9.17) is 0 Å². The summed E-state index contributed by atoms with van der Waals surface area (Å²) >= 11 is 1.46. The highest BCUT2D eigenvalue weighted by Gasteiger charge is 2.22. The van der Waals surface area contributed by atoms with Crippen LogP contribution in [0, 0.1) is 13.8 Å². The molecule has 0 aliphatic rings. The zero-order valence-electron chi connectivity index (χ0n) is 13.8. The van der Waals surface area contributed by atoms with E-state index in [-0.39, 0.29) is 5.91 Å². The number of thiophene rings is 1. The van der Waals surface area contributed by atoms with Crippen molar-refractivity contribution >= 4 is 33.1 Å². The fourth-order valence-electron chi connectivity index (χ4n) is 2.68. The maximum atomic E-state index is 12.9. The molecule has 2 heterocycles. The maximum absolute atomic E-state index is 12.9. The Morgan fingerprint density at radius 1 is 1.17 bits per heavy atom. The summed E-state index contributed by atoms with van der Waals surface area (Å²) < 4.78 is 0. The van der Waals surface area contributed by atoms with Gasteiger partial charge in [0.25, 0.3) is 5.91 Å². The van der Waals surface area contributed by atoms with E-state index in [2.05, 4.69) is 9.97 Å². The molecule has 0 aliphatic carbocycles. The van der Waals surface area contributed by atoms with Gasteiger partial charge in [0.1, 0.15) is 10.7 Å². The molecule has 0 saturated carbocycles. The van der Waals surface area contributed by atoms with Crippen molar-refractivity contribution in [1.29, 1.82) is 0 Å². The molecular formula is C18H19N3OS. The maximum Gasteiger partial charge on any atom is 0.268 e. The molecule has 4 nitrogen and oxygen atoms in total. The number of para-hydroxylation sites is 1. The minimum atomic E-state index is -0.00542. The van der Waals surface area contributed by atoms with Crippen LogP contribution in [0.5, 0.6) is 0 Å². The van der Waals surface area contributed by atoms with Crippen LogP contribution < -0.4 is 4.90 Å². The van der Waals surface area contributed by atoms with Crippen LogP contribution in [-0.2, 0) is 6.42 Å². The van der Waals surface area contributed by atoms with Crippen LogP contribution in [0.3, 0.4) is 0 Å². The van der Waals surface area contributed by atoms with Crippen molar-refractivity contribution in [2.24, 2.45) is 0 Å². The Hall–Kier alpha value is -2.27. The van der Waals surface area contributed by atoms with E-state index in [1.807, 2.05) is 51.1 Å². The van der Waals surface area contributed by atoms with Gasteiger partial charge in [0.2, 0.25) is 0 Å². The number of amides is 1. The number of fused-ring (bicyclic) bond motifs is 1. The molecule has 0 aliphatic heterocycles. The molecule has 0 saturated heterocycles. The Bertz CT molecular complexity index is 871. The number of carbonyl (C=O) groups excluding carboxylic acids is 1. The van der Waals surface area contributed by atoms with Crippen molar-refractivity contribution in [2.75, 3.05) is 11.9 Å². The quantitative estimate of drug-likeness (QED) is 0.727. The molecule has 0 N–H and O–H groups in total. The van der Waals surface area contributed by atoms with E-state index in [0.29, 0.717) is 0 Å². The monoisotopic (exact) mass is 325 g/mol. The summed E-state index contributed by atoms with van der Waals surface area (Å²) in [6.45, 7) is 6.00. The third-order valence-corrected chi connectivity index (χ3v) is 5.15. The lowest BCUT2D eigenvalue weighted by Crippen LogP contribution is -2.25. The van der Waals surface area contributed by atoms with Gasteiger partial charge in [0, 0.05) is 30.2 Å². The molecule has 0 fully saturated rings. The van der Waals surface area contributed by atoms with Crippen LogP contribution in [-0.4, -0.2) is 22.9 Å². The summed E-state index contributed by atoms with van der Waals surface area (Å²) in [4.78, 5) is 25.3. The van der Waals surface area contributed by atoms with E-state index in [0.717, 1.165) is 44.3 Å². The number of carbonyl (C=O) groups is 1. The summed E-state index contributed by atoms with van der Waals surface area (Å²) in [5.74, 6) is 0.820. The third kappa shape index (κ3) is 2.72. The zero-order valence-corrected chi connectivity index (χ0v) is 14.6. The fraction of sp³-hybridized carbons (Fsp3) is 0.278. The second kappa shape index (κ2) is 6.08. The zero-order chi connectivity index (χ0) is 16.6. The van der Waals surface area contributed by atoms with E-state index in [1.54, 1.807) is 11.9 Å². The van der Waals surface area contributed by atoms with Gasteiger partial charge in [-0.1, -0.05) is 25.1 Å². The number of hydrogen-bond acceptors (Lipinski definition) is 4. The lowest BCUT2D eigenvalue weighted by atomic mass is 10.1. The minimum absolute atomic E-state index is 0.00542. The molecule has 0 radical (unpaired) electrons. The molecule has 23 heavy (non-hydrogen) atoms. The predicted molar refractivity (Wildman–Crippen MR) is 95.4 cm³/mol. The predicted octanol–water partition coefficient (Wildman–Crippen LogP) is 4.15. The minimum Gasteiger partial charge on any atom is -0.311 e. The Balaban J connectivity index is 2.08. The Kier molecular flexibility index (Phi) is 4.13. The summed E-state index contributed by atoms with van der Waals surface area (Å²) in [7, 11) is 1.80. The first-order valence-corrected chi connectivity index (χ1v) is 8.44. The van der Waals surface area contributed by atoms with E-state index >= 15 is 0 Å². The van der Waals surface area contributed by atoms with Gasteiger partial charge in [-0.05, 0) is 31.5 Å². The van der Waals surface area contributed by atoms with Gasteiger partial charge in [-0.25, -0.2) is 9.97 Å². The average molecular weight is 325 g/mol. The van der Waals surface area contributed by atoms with Crippen molar-refractivity contribution in [3.63, 3.8) is 0 Å². The highest BCUT2D eigenvalue weighted by molar-refractivity contribution is 7.20. The Morgan fingerprint density at radius 3 is 2.52 bits per heavy atom. The lowest BCUT2D eigenvalue weighted by Gasteiger charge is -2.16. The van der Waals surface area contributed by atoms with Crippen molar-refractivity contribution < 1.29 is 4.79 Å². The van der Waals surface area contributed by atoms with Gasteiger partial charge in [0.05, 0.1) is 4.88 Å². The molecule has 118 valence electrons. The summed E-state index contributed by atoms with van der Waals surface area (Å²) in [5.41, 5.74) is 2.80.